The number of rotatable bonds is 9. The highest BCUT2D eigenvalue weighted by atomic mass is 35.5. The SMILES string of the molecule is CCCCN(CC(=O)N1CCN(c2ccc(-c3ccccc3Cl)nn2)CC1)C(=O)c1ccc(OC)cc1. The Kier molecular flexibility index (Phi) is 8.95. The first-order valence-electron chi connectivity index (χ1n) is 12.5. The topological polar surface area (TPSA) is 78.9 Å². The third kappa shape index (κ3) is 6.57. The molecule has 2 amide bonds. The van der Waals surface area contributed by atoms with E-state index in [4.69, 9.17) is 16.3 Å². The predicted octanol–water partition coefficient (Wildman–Crippen LogP) is 4.40. The van der Waals surface area contributed by atoms with Crippen LogP contribution >= 0.6 is 11.6 Å². The number of benzene rings is 2. The number of anilines is 1. The zero-order valence-corrected chi connectivity index (χ0v) is 22.0. The van der Waals surface area contributed by atoms with Gasteiger partial charge in [-0.1, -0.05) is 43.1 Å². The lowest BCUT2D eigenvalue weighted by molar-refractivity contribution is -0.132. The number of amides is 2. The quantitative estimate of drug-likeness (QED) is 0.415. The first kappa shape index (κ1) is 26.4. The average molecular weight is 522 g/mol. The minimum absolute atomic E-state index is 0.0437. The summed E-state index contributed by atoms with van der Waals surface area (Å²) in [6.45, 7) is 5.09. The number of hydrogen-bond donors (Lipinski definition) is 0. The van der Waals surface area contributed by atoms with E-state index < -0.39 is 0 Å². The Morgan fingerprint density at radius 3 is 2.32 bits per heavy atom. The van der Waals surface area contributed by atoms with Gasteiger partial charge in [-0.2, -0.15) is 0 Å². The van der Waals surface area contributed by atoms with Gasteiger partial charge < -0.3 is 19.4 Å². The molecule has 0 aliphatic carbocycles. The summed E-state index contributed by atoms with van der Waals surface area (Å²) in [5, 5.41) is 9.38. The fraction of sp³-hybridized carbons (Fsp3) is 0.357. The van der Waals surface area contributed by atoms with Crippen molar-refractivity contribution in [2.45, 2.75) is 19.8 Å². The summed E-state index contributed by atoms with van der Waals surface area (Å²) in [7, 11) is 1.59. The minimum Gasteiger partial charge on any atom is -0.497 e. The third-order valence-electron chi connectivity index (χ3n) is 6.49. The highest BCUT2D eigenvalue weighted by Crippen LogP contribution is 2.26. The molecule has 0 radical (unpaired) electrons. The van der Waals surface area contributed by atoms with Crippen molar-refractivity contribution in [3.8, 4) is 17.0 Å². The number of aromatic nitrogens is 2. The van der Waals surface area contributed by atoms with Crippen LogP contribution in [0.15, 0.2) is 60.7 Å². The molecule has 1 fully saturated rings. The van der Waals surface area contributed by atoms with Crippen LogP contribution in [0.1, 0.15) is 30.1 Å². The van der Waals surface area contributed by atoms with Crippen molar-refractivity contribution < 1.29 is 14.3 Å². The zero-order valence-electron chi connectivity index (χ0n) is 21.3. The van der Waals surface area contributed by atoms with Crippen molar-refractivity contribution >= 4 is 29.2 Å². The van der Waals surface area contributed by atoms with Crippen LogP contribution in [0.25, 0.3) is 11.3 Å². The molecular formula is C28H32ClN5O3. The zero-order chi connectivity index (χ0) is 26.2. The minimum atomic E-state index is -0.142. The van der Waals surface area contributed by atoms with Gasteiger partial charge >= 0.3 is 0 Å². The number of methoxy groups -OCH3 is 1. The maximum atomic E-state index is 13.1. The van der Waals surface area contributed by atoms with Gasteiger partial charge in [0.15, 0.2) is 5.82 Å². The monoisotopic (exact) mass is 521 g/mol. The van der Waals surface area contributed by atoms with Gasteiger partial charge in [-0.25, -0.2) is 0 Å². The lowest BCUT2D eigenvalue weighted by Gasteiger charge is -2.36. The van der Waals surface area contributed by atoms with E-state index in [0.29, 0.717) is 49.1 Å². The van der Waals surface area contributed by atoms with Gasteiger partial charge in [0.2, 0.25) is 5.91 Å². The number of unbranched alkanes of at least 4 members (excludes halogenated alkanes) is 1. The second-order valence-corrected chi connectivity index (χ2v) is 9.34. The standard InChI is InChI=1S/C28H32ClN5O3/c1-3-4-15-34(28(36)21-9-11-22(37-2)12-10-21)20-27(35)33-18-16-32(17-19-33)26-14-13-25(30-31-26)23-7-5-6-8-24(23)29/h5-14H,3-4,15-20H2,1-2H3. The number of piperazine rings is 1. The maximum absolute atomic E-state index is 13.1. The molecule has 0 atom stereocenters. The number of carbonyl (C=O) groups is 2. The molecule has 0 N–H and O–H groups in total. The van der Waals surface area contributed by atoms with Gasteiger partial charge in [0.05, 0.1) is 17.8 Å². The Balaban J connectivity index is 1.35. The Labute approximate surface area is 222 Å². The predicted molar refractivity (Wildman–Crippen MR) is 145 cm³/mol. The average Bonchev–Trinajstić information content (AvgIpc) is 2.95. The summed E-state index contributed by atoms with van der Waals surface area (Å²) in [5.74, 6) is 1.27. The van der Waals surface area contributed by atoms with E-state index in [1.165, 1.54) is 0 Å². The number of carbonyl (C=O) groups excluding carboxylic acids is 2. The van der Waals surface area contributed by atoms with Gasteiger partial charge in [0, 0.05) is 43.9 Å². The fourth-order valence-corrected chi connectivity index (χ4v) is 4.50. The lowest BCUT2D eigenvalue weighted by atomic mass is 10.1. The van der Waals surface area contributed by atoms with Gasteiger partial charge in [0.1, 0.15) is 12.3 Å². The first-order valence-corrected chi connectivity index (χ1v) is 12.9. The summed E-state index contributed by atoms with van der Waals surface area (Å²) < 4.78 is 5.19. The fourth-order valence-electron chi connectivity index (χ4n) is 4.27. The highest BCUT2D eigenvalue weighted by Gasteiger charge is 2.26. The largest absolute Gasteiger partial charge is 0.497 e. The van der Waals surface area contributed by atoms with Gasteiger partial charge in [-0.3, -0.25) is 9.59 Å². The number of hydrogen-bond acceptors (Lipinski definition) is 6. The molecule has 37 heavy (non-hydrogen) atoms. The van der Waals surface area contributed by atoms with Crippen molar-refractivity contribution in [3.63, 3.8) is 0 Å². The van der Waals surface area contributed by atoms with Crippen LogP contribution < -0.4 is 9.64 Å². The molecular weight excluding hydrogens is 490 g/mol. The van der Waals surface area contributed by atoms with Crippen molar-refractivity contribution in [2.75, 3.05) is 51.3 Å². The van der Waals surface area contributed by atoms with Gasteiger partial charge in [-0.05, 0) is 48.9 Å². The normalized spacial score (nSPS) is 13.4. The third-order valence-corrected chi connectivity index (χ3v) is 6.82. The lowest BCUT2D eigenvalue weighted by Crippen LogP contribution is -2.52. The molecule has 0 unspecified atom stereocenters. The highest BCUT2D eigenvalue weighted by molar-refractivity contribution is 6.33. The van der Waals surface area contributed by atoms with Crippen LogP contribution in [0.2, 0.25) is 5.02 Å². The van der Waals surface area contributed by atoms with Crippen LogP contribution in [0.5, 0.6) is 5.75 Å². The summed E-state index contributed by atoms with van der Waals surface area (Å²) >= 11 is 6.28. The summed E-state index contributed by atoms with van der Waals surface area (Å²) in [5.41, 5.74) is 2.11. The first-order chi connectivity index (χ1) is 18.0. The summed E-state index contributed by atoms with van der Waals surface area (Å²) in [6.07, 6.45) is 1.78. The van der Waals surface area contributed by atoms with Crippen molar-refractivity contribution in [2.24, 2.45) is 0 Å². The molecule has 2 heterocycles. The van der Waals surface area contributed by atoms with E-state index in [2.05, 4.69) is 22.0 Å². The van der Waals surface area contributed by atoms with E-state index in [0.717, 1.165) is 29.9 Å². The van der Waals surface area contributed by atoms with E-state index >= 15 is 0 Å². The van der Waals surface area contributed by atoms with Crippen molar-refractivity contribution in [1.29, 1.82) is 0 Å². The number of halogens is 1. The molecule has 2 aromatic carbocycles. The number of ether oxygens (including phenoxy) is 1. The summed E-state index contributed by atoms with van der Waals surface area (Å²) in [4.78, 5) is 31.9. The Morgan fingerprint density at radius 2 is 1.70 bits per heavy atom. The van der Waals surface area contributed by atoms with E-state index in [9.17, 15) is 9.59 Å². The molecule has 1 saturated heterocycles. The van der Waals surface area contributed by atoms with Gasteiger partial charge in [-0.15, -0.1) is 10.2 Å². The van der Waals surface area contributed by atoms with Crippen LogP contribution in [0.3, 0.4) is 0 Å². The molecule has 1 aliphatic heterocycles. The molecule has 0 bridgehead atoms. The maximum Gasteiger partial charge on any atom is 0.254 e. The molecule has 9 heteroatoms. The Hall–Kier alpha value is -3.65. The molecule has 194 valence electrons. The van der Waals surface area contributed by atoms with E-state index in [1.54, 1.807) is 36.3 Å². The Bertz CT molecular complexity index is 1200. The van der Waals surface area contributed by atoms with Gasteiger partial charge in [0.25, 0.3) is 5.91 Å². The second-order valence-electron chi connectivity index (χ2n) is 8.93. The van der Waals surface area contributed by atoms with E-state index in [-0.39, 0.29) is 18.4 Å². The van der Waals surface area contributed by atoms with Crippen molar-refractivity contribution in [1.82, 2.24) is 20.0 Å². The molecule has 3 aromatic rings. The van der Waals surface area contributed by atoms with Crippen molar-refractivity contribution in [3.05, 3.63) is 71.2 Å². The molecule has 1 aromatic heterocycles. The molecule has 0 saturated carbocycles. The molecule has 0 spiro atoms. The van der Waals surface area contributed by atoms with Crippen LogP contribution in [0.4, 0.5) is 5.82 Å². The second kappa shape index (κ2) is 12.5. The summed E-state index contributed by atoms with van der Waals surface area (Å²) in [6, 6.07) is 18.4. The van der Waals surface area contributed by atoms with Crippen LogP contribution in [0, 0.1) is 0 Å². The smallest absolute Gasteiger partial charge is 0.254 e. The number of nitrogens with zero attached hydrogens (tertiary/aromatic N) is 5. The molecule has 4 rings (SSSR count). The Morgan fingerprint density at radius 1 is 0.973 bits per heavy atom. The molecule has 8 nitrogen and oxygen atoms in total. The van der Waals surface area contributed by atoms with E-state index in [1.807, 2.05) is 41.3 Å². The van der Waals surface area contributed by atoms with Crippen LogP contribution in [-0.4, -0.2) is 78.2 Å². The molecule has 1 aliphatic rings. The van der Waals surface area contributed by atoms with Crippen LogP contribution in [-0.2, 0) is 4.79 Å².